The molecule has 1 unspecified atom stereocenters. The Morgan fingerprint density at radius 2 is 1.87 bits per heavy atom. The highest BCUT2D eigenvalue weighted by Crippen LogP contribution is 2.43. The molecule has 4 rings (SSSR count). The second-order valence-corrected chi connectivity index (χ2v) is 7.65. The van der Waals surface area contributed by atoms with Gasteiger partial charge in [0.2, 0.25) is 0 Å². The zero-order valence-electron chi connectivity index (χ0n) is 17.7. The van der Waals surface area contributed by atoms with Crippen LogP contribution in [0.15, 0.2) is 42.5 Å². The minimum Gasteiger partial charge on any atom is -0.497 e. The molecule has 1 amide bonds. The summed E-state index contributed by atoms with van der Waals surface area (Å²) in [5, 5.41) is 11.5. The zero-order chi connectivity index (χ0) is 22.0. The van der Waals surface area contributed by atoms with E-state index in [0.717, 1.165) is 0 Å². The van der Waals surface area contributed by atoms with Gasteiger partial charge in [-0.1, -0.05) is 18.2 Å². The molecular formula is C23H26N2O6. The number of benzene rings is 2. The minimum atomic E-state index is -1.94. The van der Waals surface area contributed by atoms with Crippen molar-refractivity contribution in [3.63, 3.8) is 0 Å². The number of amides is 1. The number of hydrogen-bond donors (Lipinski definition) is 1. The van der Waals surface area contributed by atoms with E-state index in [2.05, 4.69) is 4.90 Å². The Bertz CT molecular complexity index is 988. The molecule has 0 saturated carbocycles. The summed E-state index contributed by atoms with van der Waals surface area (Å²) in [5.74, 6) is -0.0117. The lowest BCUT2D eigenvalue weighted by Crippen LogP contribution is -2.49. The molecule has 2 aromatic rings. The Morgan fingerprint density at radius 3 is 2.58 bits per heavy atom. The van der Waals surface area contributed by atoms with Gasteiger partial charge < -0.3 is 19.3 Å². The van der Waals surface area contributed by atoms with Crippen LogP contribution in [-0.2, 0) is 15.1 Å². The fourth-order valence-corrected chi connectivity index (χ4v) is 4.12. The number of carbonyl (C=O) groups excluding carboxylic acids is 2. The van der Waals surface area contributed by atoms with Crippen molar-refractivity contribution in [2.45, 2.75) is 12.0 Å². The standard InChI is InChI=1S/C23H26N2O6/c1-29-16-7-8-17(21(13-16)30-2)20(26)14-23(28)18-5-3-4-6-19(18)25(22(23)27)15-24-9-11-31-12-10-24/h3-8,13,28H,9-12,14-15H2,1-2H3. The molecule has 1 fully saturated rings. The highest BCUT2D eigenvalue weighted by atomic mass is 16.5. The number of ketones is 1. The molecule has 0 aliphatic carbocycles. The van der Waals surface area contributed by atoms with E-state index >= 15 is 0 Å². The van der Waals surface area contributed by atoms with Gasteiger partial charge in [0.1, 0.15) is 11.5 Å². The average Bonchev–Trinajstić information content (AvgIpc) is 3.01. The van der Waals surface area contributed by atoms with Crippen LogP contribution in [0.4, 0.5) is 5.69 Å². The maximum Gasteiger partial charge on any atom is 0.265 e. The molecule has 2 aromatic carbocycles. The van der Waals surface area contributed by atoms with Crippen LogP contribution in [0.2, 0.25) is 0 Å². The van der Waals surface area contributed by atoms with Crippen LogP contribution in [0.5, 0.6) is 11.5 Å². The monoisotopic (exact) mass is 426 g/mol. The van der Waals surface area contributed by atoms with Gasteiger partial charge in [-0.25, -0.2) is 0 Å². The number of rotatable bonds is 7. The van der Waals surface area contributed by atoms with E-state index in [1.807, 2.05) is 6.07 Å². The lowest BCUT2D eigenvalue weighted by molar-refractivity contribution is -0.136. The Labute approximate surface area is 180 Å². The summed E-state index contributed by atoms with van der Waals surface area (Å²) in [7, 11) is 2.98. The molecule has 2 aliphatic heterocycles. The number of ether oxygens (including phenoxy) is 3. The number of Topliss-reactive ketones (excluding diaryl/α,β-unsaturated/α-hetero) is 1. The van der Waals surface area contributed by atoms with Gasteiger partial charge >= 0.3 is 0 Å². The predicted octanol–water partition coefficient (Wildman–Crippen LogP) is 1.80. The van der Waals surface area contributed by atoms with Crippen LogP contribution in [-0.4, -0.2) is 68.9 Å². The number of para-hydroxylation sites is 1. The van der Waals surface area contributed by atoms with Crippen molar-refractivity contribution in [1.29, 1.82) is 0 Å². The lowest BCUT2D eigenvalue weighted by Gasteiger charge is -2.31. The molecule has 31 heavy (non-hydrogen) atoms. The summed E-state index contributed by atoms with van der Waals surface area (Å²) in [4.78, 5) is 30.2. The molecule has 1 saturated heterocycles. The second-order valence-electron chi connectivity index (χ2n) is 7.65. The molecule has 0 aromatic heterocycles. The van der Waals surface area contributed by atoms with Crippen molar-refractivity contribution in [3.05, 3.63) is 53.6 Å². The van der Waals surface area contributed by atoms with Crippen molar-refractivity contribution in [2.24, 2.45) is 0 Å². The van der Waals surface area contributed by atoms with E-state index in [9.17, 15) is 14.7 Å². The number of methoxy groups -OCH3 is 2. The van der Waals surface area contributed by atoms with Gasteiger partial charge in [0, 0.05) is 24.7 Å². The maximum atomic E-state index is 13.4. The average molecular weight is 426 g/mol. The summed E-state index contributed by atoms with van der Waals surface area (Å²) < 4.78 is 15.9. The van der Waals surface area contributed by atoms with E-state index in [-0.39, 0.29) is 12.0 Å². The van der Waals surface area contributed by atoms with Gasteiger partial charge in [-0.05, 0) is 18.2 Å². The number of anilines is 1. The van der Waals surface area contributed by atoms with Crippen LogP contribution >= 0.6 is 0 Å². The van der Waals surface area contributed by atoms with Gasteiger partial charge in [-0.3, -0.25) is 19.4 Å². The number of aliphatic hydroxyl groups is 1. The summed E-state index contributed by atoms with van der Waals surface area (Å²) in [6.07, 6.45) is -0.384. The first-order chi connectivity index (χ1) is 15.0. The number of carbonyl (C=O) groups is 2. The molecule has 8 nitrogen and oxygen atoms in total. The maximum absolute atomic E-state index is 13.4. The Morgan fingerprint density at radius 1 is 1.13 bits per heavy atom. The quantitative estimate of drug-likeness (QED) is 0.676. The van der Waals surface area contributed by atoms with Crippen molar-refractivity contribution >= 4 is 17.4 Å². The molecular weight excluding hydrogens is 400 g/mol. The topological polar surface area (TPSA) is 88.5 Å². The molecule has 0 bridgehead atoms. The number of hydrogen-bond acceptors (Lipinski definition) is 7. The zero-order valence-corrected chi connectivity index (χ0v) is 17.7. The fourth-order valence-electron chi connectivity index (χ4n) is 4.12. The Balaban J connectivity index is 1.63. The lowest BCUT2D eigenvalue weighted by atomic mass is 9.88. The Kier molecular flexibility index (Phi) is 5.95. The number of nitrogens with zero attached hydrogens (tertiary/aromatic N) is 2. The third kappa shape index (κ3) is 3.89. The van der Waals surface area contributed by atoms with Crippen LogP contribution in [0, 0.1) is 0 Å². The van der Waals surface area contributed by atoms with Crippen LogP contribution in [0.3, 0.4) is 0 Å². The van der Waals surface area contributed by atoms with Crippen LogP contribution < -0.4 is 14.4 Å². The first-order valence-corrected chi connectivity index (χ1v) is 10.2. The third-order valence-electron chi connectivity index (χ3n) is 5.81. The number of fused-ring (bicyclic) bond motifs is 1. The minimum absolute atomic E-state index is 0.286. The summed E-state index contributed by atoms with van der Waals surface area (Å²) in [6.45, 7) is 2.94. The summed E-state index contributed by atoms with van der Waals surface area (Å²) in [5.41, 5.74) is -0.594. The van der Waals surface area contributed by atoms with Gasteiger partial charge in [-0.15, -0.1) is 0 Å². The van der Waals surface area contributed by atoms with Gasteiger partial charge in [0.25, 0.3) is 5.91 Å². The predicted molar refractivity (Wildman–Crippen MR) is 114 cm³/mol. The van der Waals surface area contributed by atoms with E-state index in [0.29, 0.717) is 55.7 Å². The molecule has 164 valence electrons. The SMILES string of the molecule is COc1ccc(C(=O)CC2(O)C(=O)N(CN3CCOCC3)c3ccccc32)c(OC)c1. The Hall–Kier alpha value is -2.94. The molecule has 2 aliphatic rings. The fraction of sp³-hybridized carbons (Fsp3) is 0.391. The first-order valence-electron chi connectivity index (χ1n) is 10.2. The molecule has 2 heterocycles. The van der Waals surface area contributed by atoms with Crippen molar-refractivity contribution < 1.29 is 28.9 Å². The van der Waals surface area contributed by atoms with Crippen molar-refractivity contribution in [1.82, 2.24) is 4.90 Å². The smallest absolute Gasteiger partial charge is 0.265 e. The molecule has 1 atom stereocenters. The highest BCUT2D eigenvalue weighted by Gasteiger charge is 2.51. The number of morpholine rings is 1. The van der Waals surface area contributed by atoms with Gasteiger partial charge in [-0.2, -0.15) is 0 Å². The molecule has 1 N–H and O–H groups in total. The molecule has 8 heteroatoms. The van der Waals surface area contributed by atoms with Crippen LogP contribution in [0.25, 0.3) is 0 Å². The van der Waals surface area contributed by atoms with E-state index in [4.69, 9.17) is 14.2 Å². The third-order valence-corrected chi connectivity index (χ3v) is 5.81. The molecule has 0 radical (unpaired) electrons. The highest BCUT2D eigenvalue weighted by molar-refractivity contribution is 6.11. The van der Waals surface area contributed by atoms with E-state index < -0.39 is 17.3 Å². The second kappa shape index (κ2) is 8.66. The van der Waals surface area contributed by atoms with E-state index in [1.54, 1.807) is 41.3 Å². The largest absolute Gasteiger partial charge is 0.497 e. The van der Waals surface area contributed by atoms with Crippen molar-refractivity contribution in [2.75, 3.05) is 52.1 Å². The molecule has 0 spiro atoms. The van der Waals surface area contributed by atoms with Crippen molar-refractivity contribution in [3.8, 4) is 11.5 Å². The first kappa shape index (κ1) is 21.3. The summed E-state index contributed by atoms with van der Waals surface area (Å²) in [6, 6.07) is 11.9. The van der Waals surface area contributed by atoms with Gasteiger partial charge in [0.15, 0.2) is 11.4 Å². The van der Waals surface area contributed by atoms with Gasteiger partial charge in [0.05, 0.1) is 51.8 Å². The van der Waals surface area contributed by atoms with Crippen LogP contribution in [0.1, 0.15) is 22.3 Å². The summed E-state index contributed by atoms with van der Waals surface area (Å²) >= 11 is 0. The normalized spacial score (nSPS) is 21.1. The van der Waals surface area contributed by atoms with E-state index in [1.165, 1.54) is 14.2 Å².